The summed E-state index contributed by atoms with van der Waals surface area (Å²) < 4.78 is 0. The summed E-state index contributed by atoms with van der Waals surface area (Å²) in [5, 5.41) is 2.49. The summed E-state index contributed by atoms with van der Waals surface area (Å²) >= 11 is 0. The molecule has 3 aliphatic carbocycles. The maximum atomic E-state index is 2.55. The van der Waals surface area contributed by atoms with Gasteiger partial charge in [0.15, 0.2) is 0 Å². The minimum Gasteiger partial charge on any atom is -0.310 e. The van der Waals surface area contributed by atoms with Crippen LogP contribution in [-0.2, 0) is 17.3 Å². The van der Waals surface area contributed by atoms with Crippen molar-refractivity contribution in [2.45, 2.75) is 37.5 Å². The van der Waals surface area contributed by atoms with Gasteiger partial charge < -0.3 is 4.90 Å². The smallest absolute Gasteiger partial charge is 0.0540 e. The van der Waals surface area contributed by atoms with Crippen molar-refractivity contribution in [1.82, 2.24) is 0 Å². The van der Waals surface area contributed by atoms with Crippen molar-refractivity contribution in [3.05, 3.63) is 258 Å². The molecule has 0 fully saturated rings. The summed E-state index contributed by atoms with van der Waals surface area (Å²) in [7, 11) is 0. The zero-order valence-corrected chi connectivity index (χ0v) is 36.7. The molecular formula is C64H47N. The molecule has 13 rings (SSSR count). The average Bonchev–Trinajstić information content (AvgIpc) is 3.97. The van der Waals surface area contributed by atoms with Crippen LogP contribution in [0.2, 0.25) is 0 Å². The second-order valence-corrected chi connectivity index (χ2v) is 18.7. The van der Waals surface area contributed by atoms with Gasteiger partial charge in [-0.25, -0.2) is 0 Å². The minimum atomic E-state index is -0.211. The first-order valence-corrected chi connectivity index (χ1v) is 23.1. The predicted molar refractivity (Wildman–Crippen MR) is 273 cm³/mol. The highest BCUT2D eigenvalue weighted by Gasteiger charge is 2.48. The van der Waals surface area contributed by atoms with Crippen LogP contribution in [0.3, 0.4) is 0 Å². The summed E-state index contributed by atoms with van der Waals surface area (Å²) in [6.07, 6.45) is 2.12. The molecule has 1 spiro atoms. The number of hydrogen-bond acceptors (Lipinski definition) is 1. The summed E-state index contributed by atoms with van der Waals surface area (Å²) in [5.74, 6) is 0. The Morgan fingerprint density at radius 2 is 0.938 bits per heavy atom. The molecule has 10 aromatic rings. The van der Waals surface area contributed by atoms with Crippen molar-refractivity contribution in [1.29, 1.82) is 0 Å². The quantitative estimate of drug-likeness (QED) is 0.161. The highest BCUT2D eigenvalue weighted by molar-refractivity contribution is 6.09. The highest BCUT2D eigenvalue weighted by atomic mass is 15.1. The van der Waals surface area contributed by atoms with Crippen molar-refractivity contribution in [2.75, 3.05) is 4.90 Å². The number of para-hydroxylation sites is 1. The van der Waals surface area contributed by atoms with E-state index in [-0.39, 0.29) is 10.8 Å². The Bertz CT molecular complexity index is 3530. The Kier molecular flexibility index (Phi) is 8.37. The van der Waals surface area contributed by atoms with Gasteiger partial charge in [0.25, 0.3) is 0 Å². The lowest BCUT2D eigenvalue weighted by Gasteiger charge is -2.32. The lowest BCUT2D eigenvalue weighted by atomic mass is 9.73. The van der Waals surface area contributed by atoms with Gasteiger partial charge in [-0.3, -0.25) is 0 Å². The third-order valence-corrected chi connectivity index (χ3v) is 15.1. The lowest BCUT2D eigenvalue weighted by Crippen LogP contribution is -2.24. The van der Waals surface area contributed by atoms with E-state index in [1.165, 1.54) is 99.8 Å². The number of anilines is 3. The normalized spacial score (nSPS) is 15.9. The number of rotatable bonds is 6. The average molecular weight is 830 g/mol. The maximum Gasteiger partial charge on any atom is 0.0540 e. The van der Waals surface area contributed by atoms with E-state index >= 15 is 0 Å². The summed E-state index contributed by atoms with van der Waals surface area (Å²) in [5.41, 5.74) is 24.3. The molecule has 65 heavy (non-hydrogen) atoms. The Balaban J connectivity index is 1.06. The molecule has 0 saturated heterocycles. The summed E-state index contributed by atoms with van der Waals surface area (Å²) in [6, 6.07) is 84.3. The van der Waals surface area contributed by atoms with Crippen LogP contribution in [-0.4, -0.2) is 0 Å². The molecule has 0 aliphatic heterocycles. The fraction of sp³-hybridized carbons (Fsp3) is 0.0938. The van der Waals surface area contributed by atoms with E-state index in [1.54, 1.807) is 0 Å². The molecule has 0 saturated carbocycles. The Labute approximate surface area is 382 Å². The monoisotopic (exact) mass is 829 g/mol. The Morgan fingerprint density at radius 3 is 1.77 bits per heavy atom. The standard InChI is InChI=1S/C64H47N/c1-63(2)57-33-11-7-26-51(57)55-31-17-29-49(62(55)63)45-23-14-24-46(40-45)65(47-36-37-52-50-25-8-12-34-58(50)64(59(52)41-47)39-38-43-20-6-10-32-56(43)64)60-35-13-9-27-53(60)54-30-16-22-44-21-15-28-48(61(44)54)42-18-4-3-5-19-42/h3-37,40-41H,38-39H2,1-2H3. The molecule has 0 radical (unpaired) electrons. The molecule has 1 nitrogen and oxygen atoms in total. The van der Waals surface area contributed by atoms with Crippen LogP contribution in [0.4, 0.5) is 17.1 Å². The van der Waals surface area contributed by atoms with Crippen molar-refractivity contribution in [3.8, 4) is 55.6 Å². The summed E-state index contributed by atoms with van der Waals surface area (Å²) in [6.45, 7) is 4.78. The van der Waals surface area contributed by atoms with Gasteiger partial charge in [-0.15, -0.1) is 0 Å². The van der Waals surface area contributed by atoms with Crippen LogP contribution in [0.1, 0.15) is 53.6 Å². The van der Waals surface area contributed by atoms with Crippen molar-refractivity contribution in [3.63, 3.8) is 0 Å². The van der Waals surface area contributed by atoms with Crippen LogP contribution < -0.4 is 4.90 Å². The molecule has 0 bridgehead atoms. The fourth-order valence-electron chi connectivity index (χ4n) is 12.3. The first-order chi connectivity index (χ1) is 32.0. The first-order valence-electron chi connectivity index (χ1n) is 23.1. The highest BCUT2D eigenvalue weighted by Crippen LogP contribution is 2.60. The van der Waals surface area contributed by atoms with E-state index in [2.05, 4.69) is 243 Å². The van der Waals surface area contributed by atoms with E-state index in [0.29, 0.717) is 0 Å². The van der Waals surface area contributed by atoms with Gasteiger partial charge in [0.05, 0.1) is 5.69 Å². The molecule has 10 aromatic carbocycles. The first kappa shape index (κ1) is 37.8. The zero-order valence-electron chi connectivity index (χ0n) is 36.7. The molecule has 308 valence electrons. The molecule has 1 heteroatoms. The molecule has 1 atom stereocenters. The van der Waals surface area contributed by atoms with Crippen LogP contribution >= 0.6 is 0 Å². The Hall–Kier alpha value is -7.74. The number of hydrogen-bond donors (Lipinski definition) is 0. The number of aryl methyl sites for hydroxylation is 1. The number of fused-ring (bicyclic) bond motifs is 11. The molecule has 0 heterocycles. The number of benzene rings is 10. The van der Waals surface area contributed by atoms with Crippen LogP contribution in [0.5, 0.6) is 0 Å². The second kappa shape index (κ2) is 14.4. The SMILES string of the molecule is CC1(C)c2ccccc2-c2cccc(-c3cccc(N(c4ccc5c(c4)C4(CCc6ccccc64)c4ccccc4-5)c4ccccc4-c4cccc5cccc(-c6ccccc6)c45)c3)c21. The van der Waals surface area contributed by atoms with Gasteiger partial charge in [-0.2, -0.15) is 0 Å². The van der Waals surface area contributed by atoms with E-state index in [4.69, 9.17) is 0 Å². The van der Waals surface area contributed by atoms with Crippen LogP contribution in [0.15, 0.2) is 224 Å². The molecule has 3 aliphatic rings. The van der Waals surface area contributed by atoms with Gasteiger partial charge in [0.2, 0.25) is 0 Å². The zero-order chi connectivity index (χ0) is 43.3. The van der Waals surface area contributed by atoms with E-state index < -0.39 is 0 Å². The van der Waals surface area contributed by atoms with Gasteiger partial charge >= 0.3 is 0 Å². The van der Waals surface area contributed by atoms with Crippen LogP contribution in [0.25, 0.3) is 66.4 Å². The third kappa shape index (κ3) is 5.52. The molecule has 0 amide bonds. The van der Waals surface area contributed by atoms with Crippen molar-refractivity contribution < 1.29 is 0 Å². The molecule has 0 N–H and O–H groups in total. The van der Waals surface area contributed by atoms with E-state index in [9.17, 15) is 0 Å². The maximum absolute atomic E-state index is 2.55. The molecule has 1 unspecified atom stereocenters. The predicted octanol–water partition coefficient (Wildman–Crippen LogP) is 16.9. The van der Waals surface area contributed by atoms with Gasteiger partial charge in [-0.1, -0.05) is 208 Å². The fourth-order valence-corrected chi connectivity index (χ4v) is 12.3. The third-order valence-electron chi connectivity index (χ3n) is 15.1. The van der Waals surface area contributed by atoms with E-state index in [1.807, 2.05) is 0 Å². The van der Waals surface area contributed by atoms with Crippen molar-refractivity contribution >= 4 is 27.8 Å². The van der Waals surface area contributed by atoms with Gasteiger partial charge in [-0.05, 0) is 137 Å². The van der Waals surface area contributed by atoms with E-state index in [0.717, 1.165) is 29.9 Å². The lowest BCUT2D eigenvalue weighted by molar-refractivity contribution is 0.626. The van der Waals surface area contributed by atoms with Gasteiger partial charge in [0.1, 0.15) is 0 Å². The topological polar surface area (TPSA) is 3.24 Å². The summed E-state index contributed by atoms with van der Waals surface area (Å²) in [4.78, 5) is 2.55. The minimum absolute atomic E-state index is 0.142. The number of nitrogens with zero attached hydrogens (tertiary/aromatic N) is 1. The van der Waals surface area contributed by atoms with Gasteiger partial charge in [0, 0.05) is 27.8 Å². The Morgan fingerprint density at radius 1 is 0.369 bits per heavy atom. The van der Waals surface area contributed by atoms with Crippen LogP contribution in [0, 0.1) is 0 Å². The molecule has 0 aromatic heterocycles. The largest absolute Gasteiger partial charge is 0.310 e. The van der Waals surface area contributed by atoms with Crippen molar-refractivity contribution in [2.24, 2.45) is 0 Å². The molecular weight excluding hydrogens is 783 g/mol. The second-order valence-electron chi connectivity index (χ2n) is 18.7.